The summed E-state index contributed by atoms with van der Waals surface area (Å²) in [5.41, 5.74) is -0.870. The van der Waals surface area contributed by atoms with Crippen LogP contribution in [0.25, 0.3) is 5.69 Å². The van der Waals surface area contributed by atoms with Gasteiger partial charge < -0.3 is 14.7 Å². The Morgan fingerprint density at radius 3 is 2.52 bits per heavy atom. The predicted octanol–water partition coefficient (Wildman–Crippen LogP) is 1.91. The molecule has 1 aromatic carbocycles. The minimum absolute atomic E-state index is 0.329. The van der Waals surface area contributed by atoms with Crippen LogP contribution in [-0.4, -0.2) is 62.7 Å². The molecule has 144 valence electrons. The van der Waals surface area contributed by atoms with Gasteiger partial charge in [-0.25, -0.2) is 13.5 Å². The highest BCUT2D eigenvalue weighted by atomic mass is 19.3. The van der Waals surface area contributed by atoms with E-state index in [2.05, 4.69) is 10.3 Å². The van der Waals surface area contributed by atoms with Gasteiger partial charge in [0.15, 0.2) is 5.69 Å². The third kappa shape index (κ3) is 4.11. The monoisotopic (exact) mass is 380 g/mol. The van der Waals surface area contributed by atoms with E-state index in [9.17, 15) is 18.4 Å². The number of para-hydroxylation sites is 1. The highest BCUT2D eigenvalue weighted by Gasteiger charge is 2.34. The Balaban J connectivity index is 1.98. The van der Waals surface area contributed by atoms with E-state index in [4.69, 9.17) is 9.84 Å². The summed E-state index contributed by atoms with van der Waals surface area (Å²) in [7, 11) is 0. The van der Waals surface area contributed by atoms with E-state index >= 15 is 0 Å². The topological polar surface area (TPSA) is 97.5 Å². The Morgan fingerprint density at radius 2 is 1.93 bits per heavy atom. The maximum Gasteiger partial charge on any atom is 0.323 e. The molecule has 2 heterocycles. The molecule has 0 atom stereocenters. The largest absolute Gasteiger partial charge is 0.480 e. The second-order valence-electron chi connectivity index (χ2n) is 6.04. The molecule has 8 nitrogen and oxygen atoms in total. The van der Waals surface area contributed by atoms with Crippen molar-refractivity contribution < 1.29 is 28.2 Å². The molecular weight excluding hydrogens is 362 g/mol. The van der Waals surface area contributed by atoms with Crippen molar-refractivity contribution in [1.82, 2.24) is 19.9 Å². The average molecular weight is 380 g/mol. The first kappa shape index (κ1) is 18.9. The van der Waals surface area contributed by atoms with Crippen LogP contribution in [-0.2, 0) is 9.53 Å². The van der Waals surface area contributed by atoms with Gasteiger partial charge in [-0.2, -0.15) is 0 Å². The Kier molecular flexibility index (Phi) is 5.75. The summed E-state index contributed by atoms with van der Waals surface area (Å²) in [5.74, 6) is -2.11. The van der Waals surface area contributed by atoms with Gasteiger partial charge in [-0.15, -0.1) is 5.10 Å². The molecule has 0 radical (unpaired) electrons. The molecule has 10 heteroatoms. The van der Waals surface area contributed by atoms with Crippen LogP contribution in [0.2, 0.25) is 0 Å². The molecule has 1 aromatic heterocycles. The fraction of sp³-hybridized carbons (Fsp3) is 0.412. The summed E-state index contributed by atoms with van der Waals surface area (Å²) < 4.78 is 33.6. The van der Waals surface area contributed by atoms with E-state index in [1.807, 2.05) is 0 Å². The second-order valence-corrected chi connectivity index (χ2v) is 6.04. The van der Waals surface area contributed by atoms with Crippen molar-refractivity contribution in [2.45, 2.75) is 25.3 Å². The number of carboxylic acids is 1. The molecule has 1 fully saturated rings. The number of hydrogen-bond acceptors (Lipinski definition) is 5. The Bertz CT molecular complexity index is 807. The molecule has 27 heavy (non-hydrogen) atoms. The smallest absolute Gasteiger partial charge is 0.323 e. The highest BCUT2D eigenvalue weighted by Crippen LogP contribution is 2.26. The number of aromatic nitrogens is 3. The van der Waals surface area contributed by atoms with Crippen molar-refractivity contribution in [2.24, 2.45) is 0 Å². The SMILES string of the molecule is O=C(O)CN(C(=O)c1nnn(-c2ccccc2)c1C(F)F)C1CCOCC1. The normalized spacial score (nSPS) is 15.1. The summed E-state index contributed by atoms with van der Waals surface area (Å²) in [6, 6.07) is 7.70. The number of hydrogen-bond donors (Lipinski definition) is 1. The molecule has 0 spiro atoms. The average Bonchev–Trinajstić information content (AvgIpc) is 3.12. The van der Waals surface area contributed by atoms with Crippen LogP contribution >= 0.6 is 0 Å². The lowest BCUT2D eigenvalue weighted by Crippen LogP contribution is -2.46. The lowest BCUT2D eigenvalue weighted by atomic mass is 10.1. The summed E-state index contributed by atoms with van der Waals surface area (Å²) in [5, 5.41) is 16.5. The number of amides is 1. The molecule has 1 amide bonds. The number of nitrogens with zero attached hydrogens (tertiary/aromatic N) is 4. The third-order valence-electron chi connectivity index (χ3n) is 4.31. The number of halogens is 2. The summed E-state index contributed by atoms with van der Waals surface area (Å²) >= 11 is 0. The van der Waals surface area contributed by atoms with Crippen molar-refractivity contribution in [1.29, 1.82) is 0 Å². The van der Waals surface area contributed by atoms with E-state index < -0.39 is 42.3 Å². The van der Waals surface area contributed by atoms with Crippen LogP contribution in [0.3, 0.4) is 0 Å². The van der Waals surface area contributed by atoms with E-state index in [0.29, 0.717) is 31.7 Å². The number of ether oxygens (including phenoxy) is 1. The summed E-state index contributed by atoms with van der Waals surface area (Å²) in [4.78, 5) is 25.2. The van der Waals surface area contributed by atoms with Gasteiger partial charge in [0.1, 0.15) is 12.2 Å². The third-order valence-corrected chi connectivity index (χ3v) is 4.31. The van der Waals surface area contributed by atoms with Gasteiger partial charge in [-0.3, -0.25) is 9.59 Å². The van der Waals surface area contributed by atoms with Gasteiger partial charge in [0, 0.05) is 19.3 Å². The summed E-state index contributed by atoms with van der Waals surface area (Å²) in [6.07, 6.45) is -2.16. The lowest BCUT2D eigenvalue weighted by molar-refractivity contribution is -0.138. The van der Waals surface area contributed by atoms with Crippen molar-refractivity contribution in [2.75, 3.05) is 19.8 Å². The molecule has 1 aliphatic rings. The van der Waals surface area contributed by atoms with Gasteiger partial charge >= 0.3 is 5.97 Å². The zero-order valence-corrected chi connectivity index (χ0v) is 14.3. The number of alkyl halides is 2. The maximum atomic E-state index is 13.7. The zero-order chi connectivity index (χ0) is 19.4. The van der Waals surface area contributed by atoms with Gasteiger partial charge in [-0.1, -0.05) is 23.4 Å². The molecule has 0 aliphatic carbocycles. The van der Waals surface area contributed by atoms with Crippen LogP contribution in [0.15, 0.2) is 30.3 Å². The van der Waals surface area contributed by atoms with Gasteiger partial charge in [-0.05, 0) is 25.0 Å². The van der Waals surface area contributed by atoms with Crippen molar-refractivity contribution in [3.63, 3.8) is 0 Å². The van der Waals surface area contributed by atoms with Crippen molar-refractivity contribution in [3.05, 3.63) is 41.7 Å². The fourth-order valence-corrected chi connectivity index (χ4v) is 3.04. The maximum absolute atomic E-state index is 13.7. The molecule has 0 unspecified atom stereocenters. The van der Waals surface area contributed by atoms with Crippen LogP contribution in [0.5, 0.6) is 0 Å². The Labute approximate surface area is 153 Å². The first-order valence-electron chi connectivity index (χ1n) is 8.38. The van der Waals surface area contributed by atoms with Crippen LogP contribution in [0, 0.1) is 0 Å². The number of carbonyl (C=O) groups excluding carboxylic acids is 1. The molecule has 2 aromatic rings. The molecule has 1 aliphatic heterocycles. The number of rotatable bonds is 6. The fourth-order valence-electron chi connectivity index (χ4n) is 3.04. The van der Waals surface area contributed by atoms with Crippen molar-refractivity contribution >= 4 is 11.9 Å². The number of carbonyl (C=O) groups is 2. The quantitative estimate of drug-likeness (QED) is 0.822. The minimum Gasteiger partial charge on any atom is -0.480 e. The van der Waals surface area contributed by atoms with E-state index in [1.54, 1.807) is 30.3 Å². The van der Waals surface area contributed by atoms with E-state index in [0.717, 1.165) is 9.58 Å². The highest BCUT2D eigenvalue weighted by molar-refractivity contribution is 5.95. The predicted molar refractivity (Wildman–Crippen MR) is 88.8 cm³/mol. The van der Waals surface area contributed by atoms with Crippen LogP contribution < -0.4 is 0 Å². The molecule has 1 saturated heterocycles. The first-order chi connectivity index (χ1) is 13.0. The summed E-state index contributed by atoms with van der Waals surface area (Å²) in [6.45, 7) is 0.128. The van der Waals surface area contributed by atoms with Crippen molar-refractivity contribution in [3.8, 4) is 5.69 Å². The van der Waals surface area contributed by atoms with Crippen LogP contribution in [0.4, 0.5) is 8.78 Å². The second kappa shape index (κ2) is 8.21. The number of benzene rings is 1. The number of aliphatic carboxylic acids is 1. The van der Waals surface area contributed by atoms with Crippen LogP contribution in [0.1, 0.15) is 35.4 Å². The first-order valence-corrected chi connectivity index (χ1v) is 8.38. The van der Waals surface area contributed by atoms with E-state index in [-0.39, 0.29) is 0 Å². The molecule has 0 bridgehead atoms. The van der Waals surface area contributed by atoms with Gasteiger partial charge in [0.25, 0.3) is 12.3 Å². The molecule has 3 rings (SSSR count). The lowest BCUT2D eigenvalue weighted by Gasteiger charge is -2.32. The minimum atomic E-state index is -3.01. The Morgan fingerprint density at radius 1 is 1.26 bits per heavy atom. The standard InChI is InChI=1S/C17H18F2N4O4/c18-16(19)15-14(20-21-23(15)12-4-2-1-3-5-12)17(26)22(10-13(24)25)11-6-8-27-9-7-11/h1-5,11,16H,6-10H2,(H,24,25). The zero-order valence-electron chi connectivity index (χ0n) is 14.3. The Hall–Kier alpha value is -2.88. The molecular formula is C17H18F2N4O4. The molecule has 1 N–H and O–H groups in total. The molecule has 0 saturated carbocycles. The van der Waals surface area contributed by atoms with Gasteiger partial charge in [0.05, 0.1) is 5.69 Å². The van der Waals surface area contributed by atoms with Gasteiger partial charge in [0.2, 0.25) is 0 Å². The van der Waals surface area contributed by atoms with E-state index in [1.165, 1.54) is 0 Å². The number of carboxylic acid groups (broad SMARTS) is 1.